The molecule has 5 rings (SSSR count). The van der Waals surface area contributed by atoms with Gasteiger partial charge in [0.1, 0.15) is 0 Å². The maximum atomic E-state index is 13.5. The second-order valence-electron chi connectivity index (χ2n) is 8.73. The Morgan fingerprint density at radius 3 is 2.52 bits per heavy atom. The van der Waals surface area contributed by atoms with Gasteiger partial charge in [-0.3, -0.25) is 4.79 Å². The molecule has 1 amide bonds. The van der Waals surface area contributed by atoms with Crippen molar-refractivity contribution in [2.24, 2.45) is 0 Å². The Balaban J connectivity index is 1.65. The van der Waals surface area contributed by atoms with Gasteiger partial charge in [-0.05, 0) is 55.7 Å². The van der Waals surface area contributed by atoms with E-state index in [-0.39, 0.29) is 18.1 Å². The zero-order valence-corrected chi connectivity index (χ0v) is 20.4. The Hall–Kier alpha value is -2.89. The first-order chi connectivity index (χ1) is 16.0. The minimum atomic E-state index is -0.150. The van der Waals surface area contributed by atoms with Crippen LogP contribution in [-0.2, 0) is 4.74 Å². The number of hydrogen-bond donors (Lipinski definition) is 1. The molecule has 4 aromatic rings. The summed E-state index contributed by atoms with van der Waals surface area (Å²) in [7, 11) is 0. The molecule has 1 aromatic heterocycles. The van der Waals surface area contributed by atoms with Crippen molar-refractivity contribution in [3.05, 3.63) is 94.0 Å². The monoisotopic (exact) mass is 502 g/mol. The summed E-state index contributed by atoms with van der Waals surface area (Å²) in [5.41, 5.74) is 6.24. The summed E-state index contributed by atoms with van der Waals surface area (Å²) in [4.78, 5) is 19.2. The molecule has 1 atom stereocenters. The minimum absolute atomic E-state index is 0.0900. The maximum absolute atomic E-state index is 13.5. The largest absolute Gasteiger partial charge is 0.379 e. The first kappa shape index (κ1) is 21.9. The Labute approximate surface area is 202 Å². The number of aromatic amines is 1. The molecule has 0 radical (unpaired) electrons. The lowest BCUT2D eigenvalue weighted by atomic mass is 9.93. The molecule has 0 saturated heterocycles. The number of hydrogen-bond acceptors (Lipinski definition) is 2. The number of carbonyl (C=O) groups is 1. The number of aromatic nitrogens is 1. The fraction of sp³-hybridized carbons (Fsp3) is 0.250. The van der Waals surface area contributed by atoms with Crippen molar-refractivity contribution in [3.63, 3.8) is 0 Å². The van der Waals surface area contributed by atoms with E-state index in [9.17, 15) is 4.79 Å². The molecule has 0 fully saturated rings. The molecule has 1 N–H and O–H groups in total. The predicted molar refractivity (Wildman–Crippen MR) is 136 cm³/mol. The molecule has 1 unspecified atom stereocenters. The van der Waals surface area contributed by atoms with E-state index in [1.165, 1.54) is 0 Å². The molecule has 5 heteroatoms. The number of halogens is 1. The lowest BCUT2D eigenvalue weighted by molar-refractivity contribution is 0.0605. The van der Waals surface area contributed by atoms with Crippen molar-refractivity contribution in [1.29, 1.82) is 0 Å². The van der Waals surface area contributed by atoms with Crippen molar-refractivity contribution in [3.8, 4) is 11.3 Å². The van der Waals surface area contributed by atoms with Crippen LogP contribution in [0.4, 0.5) is 0 Å². The van der Waals surface area contributed by atoms with E-state index in [4.69, 9.17) is 4.74 Å². The van der Waals surface area contributed by atoms with Crippen LogP contribution >= 0.6 is 15.9 Å². The topological polar surface area (TPSA) is 45.3 Å². The number of nitrogens with one attached hydrogen (secondary N) is 1. The summed E-state index contributed by atoms with van der Waals surface area (Å²) in [6.07, 6.45) is 0.981. The van der Waals surface area contributed by atoms with E-state index < -0.39 is 0 Å². The SMILES string of the molecule is CC(C)OCCCN1C(=O)c2ccccc2C1c1c(-c2ccc(Br)cc2)[nH]c2ccccc12. The van der Waals surface area contributed by atoms with Crippen molar-refractivity contribution in [2.75, 3.05) is 13.2 Å². The van der Waals surface area contributed by atoms with Gasteiger partial charge in [0, 0.05) is 39.7 Å². The third-order valence-corrected chi connectivity index (χ3v) is 6.73. The molecule has 0 spiro atoms. The van der Waals surface area contributed by atoms with Gasteiger partial charge in [-0.15, -0.1) is 0 Å². The minimum Gasteiger partial charge on any atom is -0.379 e. The number of benzene rings is 3. The van der Waals surface area contributed by atoms with Gasteiger partial charge in [-0.1, -0.05) is 64.5 Å². The first-order valence-electron chi connectivity index (χ1n) is 11.4. The Morgan fingerprint density at radius 1 is 1.00 bits per heavy atom. The van der Waals surface area contributed by atoms with Crippen LogP contribution in [0.1, 0.15) is 47.8 Å². The highest BCUT2D eigenvalue weighted by Gasteiger charge is 2.39. The number of ether oxygens (including phenoxy) is 1. The second-order valence-corrected chi connectivity index (χ2v) is 9.64. The summed E-state index contributed by atoms with van der Waals surface area (Å²) >= 11 is 3.55. The van der Waals surface area contributed by atoms with Crippen LogP contribution in [-0.4, -0.2) is 35.0 Å². The highest BCUT2D eigenvalue weighted by atomic mass is 79.9. The molecule has 4 nitrogen and oxygen atoms in total. The van der Waals surface area contributed by atoms with Crippen LogP contribution in [0.25, 0.3) is 22.2 Å². The standard InChI is InChI=1S/C28H27BrN2O2/c1-18(2)33-17-7-16-31-27(21-8-3-4-9-22(21)28(31)32)25-23-10-5-6-11-24(23)30-26(25)19-12-14-20(29)15-13-19/h3-6,8-15,18,27,30H,7,16-17H2,1-2H3. The Bertz CT molecular complexity index is 1290. The normalized spacial score (nSPS) is 15.6. The van der Waals surface area contributed by atoms with Gasteiger partial charge >= 0.3 is 0 Å². The van der Waals surface area contributed by atoms with E-state index in [2.05, 4.69) is 69.4 Å². The number of carbonyl (C=O) groups excluding carboxylic acids is 1. The van der Waals surface area contributed by atoms with E-state index in [0.717, 1.165) is 49.7 Å². The molecule has 0 aliphatic carbocycles. The number of rotatable bonds is 7. The Morgan fingerprint density at radius 2 is 1.73 bits per heavy atom. The Kier molecular flexibility index (Phi) is 6.09. The van der Waals surface area contributed by atoms with Crippen LogP contribution in [0.5, 0.6) is 0 Å². The summed E-state index contributed by atoms with van der Waals surface area (Å²) in [5, 5.41) is 1.15. The maximum Gasteiger partial charge on any atom is 0.255 e. The molecule has 1 aliphatic rings. The predicted octanol–water partition coefficient (Wildman–Crippen LogP) is 6.96. The third kappa shape index (κ3) is 4.11. The summed E-state index contributed by atoms with van der Waals surface area (Å²) < 4.78 is 6.80. The first-order valence-corrected chi connectivity index (χ1v) is 12.2. The van der Waals surface area contributed by atoms with Gasteiger partial charge in [0.25, 0.3) is 5.91 Å². The van der Waals surface area contributed by atoms with Gasteiger partial charge in [-0.25, -0.2) is 0 Å². The number of fused-ring (bicyclic) bond motifs is 2. The molecular weight excluding hydrogens is 476 g/mol. The third-order valence-electron chi connectivity index (χ3n) is 6.21. The van der Waals surface area contributed by atoms with E-state index in [1.54, 1.807) is 0 Å². The average molecular weight is 503 g/mol. The lowest BCUT2D eigenvalue weighted by Crippen LogP contribution is -2.30. The van der Waals surface area contributed by atoms with Crippen LogP contribution in [0.3, 0.4) is 0 Å². The fourth-order valence-electron chi connectivity index (χ4n) is 4.76. The van der Waals surface area contributed by atoms with E-state index in [0.29, 0.717) is 13.2 Å². The number of amides is 1. The average Bonchev–Trinajstić information content (AvgIpc) is 3.32. The van der Waals surface area contributed by atoms with Gasteiger partial charge in [0.15, 0.2) is 0 Å². The van der Waals surface area contributed by atoms with Gasteiger partial charge in [0.2, 0.25) is 0 Å². The van der Waals surface area contributed by atoms with Crippen molar-refractivity contribution >= 4 is 32.7 Å². The molecule has 33 heavy (non-hydrogen) atoms. The number of H-pyrrole nitrogens is 1. The second kappa shape index (κ2) is 9.16. The van der Waals surface area contributed by atoms with E-state index in [1.807, 2.05) is 43.0 Å². The van der Waals surface area contributed by atoms with Gasteiger partial charge < -0.3 is 14.6 Å². The van der Waals surface area contributed by atoms with Gasteiger partial charge in [0.05, 0.1) is 17.8 Å². The zero-order chi connectivity index (χ0) is 22.9. The zero-order valence-electron chi connectivity index (χ0n) is 18.8. The molecule has 3 aromatic carbocycles. The number of nitrogens with zero attached hydrogens (tertiary/aromatic N) is 1. The van der Waals surface area contributed by atoms with Crippen LogP contribution in [0.2, 0.25) is 0 Å². The molecule has 0 bridgehead atoms. The van der Waals surface area contributed by atoms with Crippen LogP contribution < -0.4 is 0 Å². The molecular formula is C28H27BrN2O2. The van der Waals surface area contributed by atoms with Crippen LogP contribution in [0, 0.1) is 0 Å². The van der Waals surface area contributed by atoms with Crippen molar-refractivity contribution in [2.45, 2.75) is 32.4 Å². The summed E-state index contributed by atoms with van der Waals surface area (Å²) in [5.74, 6) is 0.0900. The van der Waals surface area contributed by atoms with E-state index >= 15 is 0 Å². The van der Waals surface area contributed by atoms with Crippen molar-refractivity contribution < 1.29 is 9.53 Å². The fourth-order valence-corrected chi connectivity index (χ4v) is 5.02. The molecule has 0 saturated carbocycles. The molecule has 2 heterocycles. The van der Waals surface area contributed by atoms with Crippen LogP contribution in [0.15, 0.2) is 77.3 Å². The highest BCUT2D eigenvalue weighted by molar-refractivity contribution is 9.10. The lowest BCUT2D eigenvalue weighted by Gasteiger charge is -2.27. The summed E-state index contributed by atoms with van der Waals surface area (Å²) in [6.45, 7) is 5.36. The quantitative estimate of drug-likeness (QED) is 0.277. The molecule has 168 valence electrons. The highest BCUT2D eigenvalue weighted by Crippen LogP contribution is 2.45. The van der Waals surface area contributed by atoms with Gasteiger partial charge in [-0.2, -0.15) is 0 Å². The summed E-state index contributed by atoms with van der Waals surface area (Å²) in [6, 6.07) is 24.6. The number of para-hydroxylation sites is 1. The van der Waals surface area contributed by atoms with Crippen molar-refractivity contribution in [1.82, 2.24) is 9.88 Å². The smallest absolute Gasteiger partial charge is 0.255 e. The molecule has 1 aliphatic heterocycles.